The Bertz CT molecular complexity index is 316. The first kappa shape index (κ1) is 8.92. The van der Waals surface area contributed by atoms with Crippen LogP contribution < -0.4 is 5.73 Å². The number of methoxy groups -OCH3 is 1. The van der Waals surface area contributed by atoms with Crippen molar-refractivity contribution in [2.45, 2.75) is 0 Å². The second-order valence-corrected chi connectivity index (χ2v) is 2.81. The quantitative estimate of drug-likeness (QED) is 0.717. The van der Waals surface area contributed by atoms with Crippen molar-refractivity contribution in [1.82, 2.24) is 10.2 Å². The summed E-state index contributed by atoms with van der Waals surface area (Å²) in [5.41, 5.74) is 5.48. The van der Waals surface area contributed by atoms with Crippen molar-refractivity contribution in [3.8, 4) is 0 Å². The van der Waals surface area contributed by atoms with E-state index in [2.05, 4.69) is 30.9 Å². The van der Waals surface area contributed by atoms with Crippen LogP contribution in [0.1, 0.15) is 10.5 Å². The fraction of sp³-hybridized carbons (Fsp3) is 0.167. The second-order valence-electron chi connectivity index (χ2n) is 1.95. The van der Waals surface area contributed by atoms with Crippen molar-refractivity contribution in [1.29, 1.82) is 0 Å². The number of ether oxygens (including phenoxy) is 1. The number of aromatic nitrogens is 2. The van der Waals surface area contributed by atoms with Crippen LogP contribution in [-0.4, -0.2) is 23.3 Å². The van der Waals surface area contributed by atoms with Crippen LogP contribution in [0.5, 0.6) is 0 Å². The lowest BCUT2D eigenvalue weighted by molar-refractivity contribution is 0.0592. The first-order chi connectivity index (χ1) is 5.65. The average Bonchev–Trinajstić information content (AvgIpc) is 2.08. The Hall–Kier alpha value is -1.17. The molecule has 0 saturated carbocycles. The first-order valence-corrected chi connectivity index (χ1v) is 3.81. The molecule has 64 valence electrons. The van der Waals surface area contributed by atoms with Crippen LogP contribution in [0, 0.1) is 0 Å². The van der Waals surface area contributed by atoms with Crippen LogP contribution in [0.25, 0.3) is 0 Å². The van der Waals surface area contributed by atoms with Crippen LogP contribution in [0.3, 0.4) is 0 Å². The molecule has 0 saturated heterocycles. The normalized spacial score (nSPS) is 9.50. The highest BCUT2D eigenvalue weighted by molar-refractivity contribution is 9.10. The molecule has 0 unspecified atom stereocenters. The highest BCUT2D eigenvalue weighted by Crippen LogP contribution is 2.15. The Labute approximate surface area is 77.1 Å². The van der Waals surface area contributed by atoms with Gasteiger partial charge in [-0.15, -0.1) is 10.2 Å². The Balaban J connectivity index is 3.05. The van der Waals surface area contributed by atoms with Gasteiger partial charge in [0.05, 0.1) is 11.6 Å². The first-order valence-electron chi connectivity index (χ1n) is 3.02. The lowest BCUT2D eigenvalue weighted by Crippen LogP contribution is -2.07. The van der Waals surface area contributed by atoms with Crippen LogP contribution in [0.15, 0.2) is 10.5 Å². The van der Waals surface area contributed by atoms with Gasteiger partial charge in [0.25, 0.3) is 0 Å². The van der Waals surface area contributed by atoms with E-state index >= 15 is 0 Å². The molecule has 0 bridgehead atoms. The van der Waals surface area contributed by atoms with Crippen molar-refractivity contribution >= 4 is 27.7 Å². The molecule has 0 aliphatic carbocycles. The molecule has 0 atom stereocenters. The van der Waals surface area contributed by atoms with Gasteiger partial charge < -0.3 is 10.5 Å². The number of hydrogen-bond donors (Lipinski definition) is 1. The minimum absolute atomic E-state index is 0.124. The number of nitrogens with two attached hydrogens (primary N) is 1. The van der Waals surface area contributed by atoms with E-state index in [1.807, 2.05) is 0 Å². The lowest BCUT2D eigenvalue weighted by Gasteiger charge is -1.98. The Morgan fingerprint density at radius 3 is 2.83 bits per heavy atom. The van der Waals surface area contributed by atoms with Gasteiger partial charge in [0.15, 0.2) is 11.5 Å². The summed E-state index contributed by atoms with van der Waals surface area (Å²) in [7, 11) is 1.27. The Kier molecular flexibility index (Phi) is 2.59. The molecule has 1 rings (SSSR count). The molecule has 0 aliphatic rings. The number of nitrogens with zero attached hydrogens (tertiary/aromatic N) is 2. The fourth-order valence-corrected chi connectivity index (χ4v) is 0.879. The predicted octanol–water partition coefficient (Wildman–Crippen LogP) is 0.608. The molecule has 0 spiro atoms. The third kappa shape index (κ3) is 1.70. The van der Waals surface area contributed by atoms with Gasteiger partial charge in [0, 0.05) is 0 Å². The molecule has 1 heterocycles. The zero-order valence-corrected chi connectivity index (χ0v) is 7.83. The molecular weight excluding hydrogens is 226 g/mol. The molecule has 0 amide bonds. The number of nitrogen functional groups attached to an aromatic ring is 1. The minimum atomic E-state index is -0.539. The van der Waals surface area contributed by atoms with E-state index in [1.165, 1.54) is 13.2 Å². The summed E-state index contributed by atoms with van der Waals surface area (Å²) >= 11 is 3.11. The predicted molar refractivity (Wildman–Crippen MR) is 45.5 cm³/mol. The number of halogens is 1. The smallest absolute Gasteiger partial charge is 0.358 e. The highest BCUT2D eigenvalue weighted by atomic mass is 79.9. The molecule has 0 aliphatic heterocycles. The molecule has 2 N–H and O–H groups in total. The molecule has 1 aromatic rings. The van der Waals surface area contributed by atoms with Gasteiger partial charge in [-0.3, -0.25) is 0 Å². The van der Waals surface area contributed by atoms with E-state index in [0.29, 0.717) is 4.47 Å². The molecule has 0 radical (unpaired) electrons. The number of anilines is 1. The fourth-order valence-electron chi connectivity index (χ4n) is 0.583. The lowest BCUT2D eigenvalue weighted by atomic mass is 10.4. The summed E-state index contributed by atoms with van der Waals surface area (Å²) in [5.74, 6) is -0.300. The van der Waals surface area contributed by atoms with Gasteiger partial charge in [-0.05, 0) is 22.0 Å². The van der Waals surface area contributed by atoms with E-state index in [-0.39, 0.29) is 11.5 Å². The summed E-state index contributed by atoms with van der Waals surface area (Å²) in [5, 5.41) is 7.06. The zero-order valence-electron chi connectivity index (χ0n) is 6.24. The van der Waals surface area contributed by atoms with Gasteiger partial charge in [0.1, 0.15) is 0 Å². The summed E-state index contributed by atoms with van der Waals surface area (Å²) in [6, 6.07) is 1.45. The third-order valence-electron chi connectivity index (χ3n) is 1.17. The third-order valence-corrected chi connectivity index (χ3v) is 1.80. The van der Waals surface area contributed by atoms with Crippen molar-refractivity contribution in [3.63, 3.8) is 0 Å². The topological polar surface area (TPSA) is 78.1 Å². The van der Waals surface area contributed by atoms with Crippen LogP contribution in [0.2, 0.25) is 0 Å². The van der Waals surface area contributed by atoms with Gasteiger partial charge in [-0.2, -0.15) is 0 Å². The minimum Gasteiger partial charge on any atom is -0.464 e. The largest absolute Gasteiger partial charge is 0.464 e. The Morgan fingerprint density at radius 2 is 2.33 bits per heavy atom. The monoisotopic (exact) mass is 231 g/mol. The summed E-state index contributed by atoms with van der Waals surface area (Å²) < 4.78 is 4.95. The number of rotatable bonds is 1. The van der Waals surface area contributed by atoms with E-state index in [4.69, 9.17) is 5.73 Å². The van der Waals surface area contributed by atoms with E-state index in [1.54, 1.807) is 0 Å². The number of hydrogen-bond acceptors (Lipinski definition) is 5. The van der Waals surface area contributed by atoms with Gasteiger partial charge in [-0.1, -0.05) is 0 Å². The average molecular weight is 232 g/mol. The molecule has 6 heteroatoms. The number of carbonyl (C=O) groups excluding carboxylic acids is 1. The van der Waals surface area contributed by atoms with E-state index in [9.17, 15) is 4.79 Å². The van der Waals surface area contributed by atoms with Crippen molar-refractivity contribution < 1.29 is 9.53 Å². The van der Waals surface area contributed by atoms with Crippen LogP contribution in [0.4, 0.5) is 5.82 Å². The molecule has 0 aromatic carbocycles. The highest BCUT2D eigenvalue weighted by Gasteiger charge is 2.09. The van der Waals surface area contributed by atoms with Gasteiger partial charge in [-0.25, -0.2) is 4.79 Å². The summed E-state index contributed by atoms with van der Waals surface area (Å²) in [6.07, 6.45) is 0. The standard InChI is InChI=1S/C6H6BrN3O2/c1-12-6(11)4-2-3(7)5(8)10-9-4/h2H,1H3,(H2,8,10). The zero-order chi connectivity index (χ0) is 9.14. The summed E-state index contributed by atoms with van der Waals surface area (Å²) in [4.78, 5) is 10.9. The number of esters is 1. The van der Waals surface area contributed by atoms with Gasteiger partial charge >= 0.3 is 5.97 Å². The van der Waals surface area contributed by atoms with Crippen LogP contribution >= 0.6 is 15.9 Å². The van der Waals surface area contributed by atoms with Crippen LogP contribution in [-0.2, 0) is 4.74 Å². The second kappa shape index (κ2) is 3.48. The molecule has 5 nitrogen and oxygen atoms in total. The van der Waals surface area contributed by atoms with E-state index in [0.717, 1.165) is 0 Å². The SMILES string of the molecule is COC(=O)c1cc(Br)c(N)nn1. The van der Waals surface area contributed by atoms with Crippen molar-refractivity contribution in [2.75, 3.05) is 12.8 Å². The molecular formula is C6H6BrN3O2. The molecule has 0 fully saturated rings. The van der Waals surface area contributed by atoms with Crippen molar-refractivity contribution in [3.05, 3.63) is 16.2 Å². The Morgan fingerprint density at radius 1 is 1.67 bits per heavy atom. The maximum Gasteiger partial charge on any atom is 0.358 e. The molecule has 12 heavy (non-hydrogen) atoms. The van der Waals surface area contributed by atoms with E-state index < -0.39 is 5.97 Å². The molecule has 1 aromatic heterocycles. The van der Waals surface area contributed by atoms with Crippen molar-refractivity contribution in [2.24, 2.45) is 0 Å². The number of carbonyl (C=O) groups is 1. The summed E-state index contributed by atoms with van der Waals surface area (Å²) in [6.45, 7) is 0. The maximum atomic E-state index is 10.9. The maximum absolute atomic E-state index is 10.9. The van der Waals surface area contributed by atoms with Gasteiger partial charge in [0.2, 0.25) is 0 Å².